The van der Waals surface area contributed by atoms with E-state index in [9.17, 15) is 0 Å². The Labute approximate surface area is 392 Å². The summed E-state index contributed by atoms with van der Waals surface area (Å²) in [5.74, 6) is 0. The molecule has 0 aliphatic heterocycles. The van der Waals surface area contributed by atoms with Crippen molar-refractivity contribution in [3.8, 4) is 22.3 Å². The molecule has 0 unspecified atom stereocenters. The van der Waals surface area contributed by atoms with E-state index in [2.05, 4.69) is 256 Å². The summed E-state index contributed by atoms with van der Waals surface area (Å²) in [5, 5.41) is 7.54. The van der Waals surface area contributed by atoms with Crippen LogP contribution < -0.4 is 9.80 Å². The van der Waals surface area contributed by atoms with E-state index in [0.29, 0.717) is 0 Å². The molecule has 318 valence electrons. The predicted octanol–water partition coefficient (Wildman–Crippen LogP) is 17.7. The number of nitrogens with zero attached hydrogens (tertiary/aromatic N) is 2. The Balaban J connectivity index is 1.08. The normalized spacial score (nSPS) is 12.9. The van der Waals surface area contributed by atoms with E-state index in [1.54, 1.807) is 0 Å². The van der Waals surface area contributed by atoms with E-state index in [1.165, 1.54) is 99.1 Å². The third kappa shape index (κ3) is 5.89. The van der Waals surface area contributed by atoms with Gasteiger partial charge in [0.1, 0.15) is 0 Å². The van der Waals surface area contributed by atoms with Crippen LogP contribution >= 0.6 is 0 Å². The molecule has 11 aromatic rings. The Morgan fingerprint density at radius 1 is 0.284 bits per heavy atom. The second kappa shape index (κ2) is 14.9. The van der Waals surface area contributed by atoms with Crippen LogP contribution in [0.1, 0.15) is 44.5 Å². The summed E-state index contributed by atoms with van der Waals surface area (Å²) >= 11 is 0. The van der Waals surface area contributed by atoms with Gasteiger partial charge in [0.05, 0.1) is 5.41 Å². The highest BCUT2D eigenvalue weighted by Gasteiger charge is 2.53. The first kappa shape index (κ1) is 39.2. The highest BCUT2D eigenvalue weighted by atomic mass is 15.1. The lowest BCUT2D eigenvalue weighted by atomic mass is 9.68. The van der Waals surface area contributed by atoms with E-state index >= 15 is 0 Å². The number of anilines is 6. The molecule has 0 amide bonds. The molecule has 0 radical (unpaired) electrons. The molecule has 0 bridgehead atoms. The lowest BCUT2D eigenvalue weighted by Gasteiger charge is -2.33. The van der Waals surface area contributed by atoms with Crippen LogP contribution in [0.25, 0.3) is 54.6 Å². The third-order valence-corrected chi connectivity index (χ3v) is 14.7. The Bertz CT molecular complexity index is 3490. The van der Waals surface area contributed by atoms with E-state index in [4.69, 9.17) is 0 Å². The number of fused-ring (bicyclic) bond motifs is 16. The molecule has 0 atom stereocenters. The van der Waals surface area contributed by atoms with Crippen LogP contribution in [0.4, 0.5) is 34.1 Å². The number of benzene rings is 11. The van der Waals surface area contributed by atoms with Crippen LogP contribution in [0.15, 0.2) is 218 Å². The van der Waals surface area contributed by atoms with Crippen molar-refractivity contribution >= 4 is 66.4 Å². The van der Waals surface area contributed by atoms with E-state index < -0.39 is 5.41 Å². The molecule has 2 aliphatic carbocycles. The largest absolute Gasteiger partial charge is 0.310 e. The van der Waals surface area contributed by atoms with Crippen molar-refractivity contribution in [2.45, 2.75) is 33.1 Å². The molecule has 0 aromatic heterocycles. The summed E-state index contributed by atoms with van der Waals surface area (Å²) in [5.41, 5.74) is 21.9. The Morgan fingerprint density at radius 3 is 1.16 bits per heavy atom. The summed E-state index contributed by atoms with van der Waals surface area (Å²) in [6.45, 7) is 8.61. The number of aryl methyl sites for hydroxylation is 4. The number of hydrogen-bond donors (Lipinski definition) is 0. The summed E-state index contributed by atoms with van der Waals surface area (Å²) in [6.07, 6.45) is 0. The van der Waals surface area contributed by atoms with E-state index in [0.717, 1.165) is 34.1 Å². The van der Waals surface area contributed by atoms with Crippen LogP contribution in [-0.4, -0.2) is 0 Å². The molecular weight excluding hydrogens is 809 g/mol. The van der Waals surface area contributed by atoms with Crippen molar-refractivity contribution in [2.75, 3.05) is 9.80 Å². The quantitative estimate of drug-likeness (QED) is 0.164. The molecule has 0 fully saturated rings. The zero-order chi connectivity index (χ0) is 45.0. The fourth-order valence-electron chi connectivity index (χ4n) is 11.6. The van der Waals surface area contributed by atoms with Gasteiger partial charge in [-0.15, -0.1) is 0 Å². The lowest BCUT2D eigenvalue weighted by molar-refractivity contribution is 0.810. The summed E-state index contributed by atoms with van der Waals surface area (Å²) in [7, 11) is 0. The number of hydrogen-bond acceptors (Lipinski definition) is 2. The van der Waals surface area contributed by atoms with Gasteiger partial charge in [-0.3, -0.25) is 0 Å². The van der Waals surface area contributed by atoms with Crippen LogP contribution in [0.5, 0.6) is 0 Å². The van der Waals surface area contributed by atoms with Gasteiger partial charge in [0.15, 0.2) is 0 Å². The fourth-order valence-corrected chi connectivity index (χ4v) is 11.6. The standard InChI is InChI=1S/C65H48N2/c1-41-13-24-48(25-14-41)66(49-26-15-42(2)16-27-49)52-32-36-55-46(39-52)21-34-57-58-35-22-47-40-53(67(50-28-17-43(3)18-29-50)51-30-19-44(4)20-31-51)33-37-56(47)64(58)65(63(55)57)60-12-8-7-11-59(60)62-54-10-6-5-9-45(54)23-38-61(62)65/h5-40H,1-4H3. The van der Waals surface area contributed by atoms with E-state index in [-0.39, 0.29) is 0 Å². The fraction of sp³-hybridized carbons (Fsp3) is 0.0769. The highest BCUT2D eigenvalue weighted by Crippen LogP contribution is 2.66. The molecule has 67 heavy (non-hydrogen) atoms. The highest BCUT2D eigenvalue weighted by molar-refractivity contribution is 6.13. The molecule has 0 saturated heterocycles. The molecule has 2 aliphatic rings. The second-order valence-electron chi connectivity index (χ2n) is 18.8. The van der Waals surface area contributed by atoms with Gasteiger partial charge < -0.3 is 9.80 Å². The second-order valence-corrected chi connectivity index (χ2v) is 18.8. The first-order valence-electron chi connectivity index (χ1n) is 23.5. The zero-order valence-electron chi connectivity index (χ0n) is 38.2. The van der Waals surface area contributed by atoms with Gasteiger partial charge in [0.25, 0.3) is 0 Å². The molecule has 0 N–H and O–H groups in total. The van der Waals surface area contributed by atoms with Gasteiger partial charge >= 0.3 is 0 Å². The smallest absolute Gasteiger partial charge is 0.0737 e. The van der Waals surface area contributed by atoms with Gasteiger partial charge in [-0.05, 0) is 177 Å². The topological polar surface area (TPSA) is 6.48 Å². The summed E-state index contributed by atoms with van der Waals surface area (Å²) < 4.78 is 0. The lowest BCUT2D eigenvalue weighted by Crippen LogP contribution is -2.26. The van der Waals surface area contributed by atoms with Gasteiger partial charge in [-0.2, -0.15) is 0 Å². The molecule has 13 rings (SSSR count). The first-order chi connectivity index (χ1) is 32.8. The molecular formula is C65H48N2. The Morgan fingerprint density at radius 2 is 0.687 bits per heavy atom. The van der Waals surface area contributed by atoms with Crippen LogP contribution in [-0.2, 0) is 5.41 Å². The molecule has 1 spiro atoms. The van der Waals surface area contributed by atoms with E-state index in [1.807, 2.05) is 0 Å². The van der Waals surface area contributed by atoms with Crippen molar-refractivity contribution < 1.29 is 0 Å². The van der Waals surface area contributed by atoms with Gasteiger partial charge in [0, 0.05) is 34.1 Å². The molecule has 0 heterocycles. The van der Waals surface area contributed by atoms with Gasteiger partial charge in [-0.1, -0.05) is 168 Å². The Hall–Kier alpha value is -8.20. The van der Waals surface area contributed by atoms with Crippen molar-refractivity contribution in [2.24, 2.45) is 0 Å². The van der Waals surface area contributed by atoms with Crippen LogP contribution in [0.3, 0.4) is 0 Å². The maximum absolute atomic E-state index is 2.45. The Kier molecular flexibility index (Phi) is 8.73. The van der Waals surface area contributed by atoms with Crippen LogP contribution in [0, 0.1) is 27.7 Å². The van der Waals surface area contributed by atoms with Gasteiger partial charge in [0.2, 0.25) is 0 Å². The third-order valence-electron chi connectivity index (χ3n) is 14.7. The summed E-state index contributed by atoms with van der Waals surface area (Å²) in [6, 6.07) is 82.4. The van der Waals surface area contributed by atoms with Gasteiger partial charge in [-0.25, -0.2) is 0 Å². The average Bonchev–Trinajstić information content (AvgIpc) is 3.84. The first-order valence-corrected chi connectivity index (χ1v) is 23.5. The number of rotatable bonds is 6. The SMILES string of the molecule is Cc1ccc(N(c2ccc(C)cc2)c2ccc3c4c(ccc3c2)-c2ccc3cc(N(c5ccc(C)cc5)c5ccc(C)cc5)ccc3c2C42c3ccccc3-c3c2ccc2ccccc32)cc1. The van der Waals surface area contributed by atoms with Crippen molar-refractivity contribution in [1.82, 2.24) is 0 Å². The summed E-state index contributed by atoms with van der Waals surface area (Å²) in [4.78, 5) is 4.79. The maximum Gasteiger partial charge on any atom is 0.0737 e. The maximum atomic E-state index is 2.45. The molecule has 2 heteroatoms. The van der Waals surface area contributed by atoms with Crippen LogP contribution in [0.2, 0.25) is 0 Å². The minimum atomic E-state index is -0.579. The minimum absolute atomic E-state index is 0.579. The zero-order valence-corrected chi connectivity index (χ0v) is 38.2. The molecule has 0 saturated carbocycles. The molecule has 2 nitrogen and oxygen atoms in total. The minimum Gasteiger partial charge on any atom is -0.310 e. The van der Waals surface area contributed by atoms with Crippen molar-refractivity contribution in [3.63, 3.8) is 0 Å². The monoisotopic (exact) mass is 856 g/mol. The van der Waals surface area contributed by atoms with Crippen molar-refractivity contribution in [3.05, 3.63) is 263 Å². The molecule has 11 aromatic carbocycles. The average molecular weight is 857 g/mol. The predicted molar refractivity (Wildman–Crippen MR) is 284 cm³/mol. The van der Waals surface area contributed by atoms with Crippen molar-refractivity contribution in [1.29, 1.82) is 0 Å².